The van der Waals surface area contributed by atoms with Crippen LogP contribution in [0.4, 0.5) is 40.3 Å². The summed E-state index contributed by atoms with van der Waals surface area (Å²) in [6.07, 6.45) is 1.92. The molecule has 0 bridgehead atoms. The molecule has 0 atom stereocenters. The molecule has 0 amide bonds. The van der Waals surface area contributed by atoms with Crippen molar-refractivity contribution in [2.75, 3.05) is 11.9 Å². The monoisotopic (exact) mass is 935 g/mol. The normalized spacial score (nSPS) is 11.4. The molecule has 5 rings (SSSR count). The number of carboxylic acids is 4. The third-order valence-electron chi connectivity index (χ3n) is 9.66. The van der Waals surface area contributed by atoms with Crippen LogP contribution in [0.2, 0.25) is 5.28 Å². The summed E-state index contributed by atoms with van der Waals surface area (Å²) in [6.45, 7) is 11.7. The van der Waals surface area contributed by atoms with Gasteiger partial charge in [0.2, 0.25) is 23.0 Å². The lowest BCUT2D eigenvalue weighted by atomic mass is 10.1. The molecule has 0 aliphatic carbocycles. The minimum absolute atomic E-state index is 0.0312. The van der Waals surface area contributed by atoms with Gasteiger partial charge in [0, 0.05) is 18.7 Å². The van der Waals surface area contributed by atoms with E-state index in [0.717, 1.165) is 41.0 Å². The van der Waals surface area contributed by atoms with Crippen LogP contribution in [-0.4, -0.2) is 91.0 Å². The summed E-state index contributed by atoms with van der Waals surface area (Å²) in [7, 11) is 0. The SMILES string of the molecule is [C-]#[N+]c1c(C)c(N=Nc2cc(C(=O)O)ccc2C(=O)O)c(=O)n(C(C)=Nc2nc(Cl)nc(NCCCCCCn3c(O)c(C#N)c(C)c(N=Nc4cc(C(=O)O)ccc4C(=O)O)c3=O)n2)c1O. The van der Waals surface area contributed by atoms with Gasteiger partial charge in [0.05, 0.1) is 28.8 Å². The molecule has 0 fully saturated rings. The fraction of sp³-hybridized carbons (Fsp3) is 0.220. The van der Waals surface area contributed by atoms with Crippen LogP contribution in [-0.2, 0) is 6.54 Å². The summed E-state index contributed by atoms with van der Waals surface area (Å²) in [5.74, 6) is -7.70. The molecule has 2 aromatic carbocycles. The predicted molar refractivity (Wildman–Crippen MR) is 234 cm³/mol. The van der Waals surface area contributed by atoms with Gasteiger partial charge in [0.15, 0.2) is 5.69 Å². The molecule has 0 spiro atoms. The number of aromatic hydroxyl groups is 2. The van der Waals surface area contributed by atoms with Crippen molar-refractivity contribution in [1.29, 1.82) is 5.26 Å². The molecule has 3 heterocycles. The largest absolute Gasteiger partial charge is 0.502 e. The topological polar surface area (TPSA) is 374 Å². The first kappa shape index (κ1) is 48.8. The summed E-state index contributed by atoms with van der Waals surface area (Å²) < 4.78 is 1.54. The zero-order chi connectivity index (χ0) is 49.3. The summed E-state index contributed by atoms with van der Waals surface area (Å²) >= 11 is 6.14. The number of benzene rings is 2. The van der Waals surface area contributed by atoms with Gasteiger partial charge in [-0.2, -0.15) is 25.2 Å². The quantitative estimate of drug-likeness (QED) is 0.0159. The second-order valence-corrected chi connectivity index (χ2v) is 14.3. The van der Waals surface area contributed by atoms with E-state index in [1.165, 1.54) is 20.8 Å². The van der Waals surface area contributed by atoms with Crippen molar-refractivity contribution in [2.45, 2.75) is 53.0 Å². The maximum atomic E-state index is 13.7. The number of carbonyl (C=O) groups is 4. The van der Waals surface area contributed by atoms with E-state index in [-0.39, 0.29) is 80.9 Å². The molecule has 0 aliphatic rings. The zero-order valence-electron chi connectivity index (χ0n) is 35.1. The zero-order valence-corrected chi connectivity index (χ0v) is 35.8. The van der Waals surface area contributed by atoms with Crippen molar-refractivity contribution in [3.05, 3.63) is 113 Å². The summed E-state index contributed by atoms with van der Waals surface area (Å²) in [4.78, 5) is 93.1. The van der Waals surface area contributed by atoms with Crippen molar-refractivity contribution in [2.24, 2.45) is 25.4 Å². The Hall–Kier alpha value is -9.23. The van der Waals surface area contributed by atoms with Crippen molar-refractivity contribution in [3.63, 3.8) is 0 Å². The number of carboxylic acid groups (broad SMARTS) is 4. The Morgan fingerprint density at radius 1 is 0.776 bits per heavy atom. The first-order valence-corrected chi connectivity index (χ1v) is 19.7. The number of anilines is 1. The lowest BCUT2D eigenvalue weighted by molar-refractivity contribution is 0.0682. The van der Waals surface area contributed by atoms with Crippen LogP contribution in [0.3, 0.4) is 0 Å². The Balaban J connectivity index is 1.28. The predicted octanol–water partition coefficient (Wildman–Crippen LogP) is 7.19. The van der Waals surface area contributed by atoms with Crippen LogP contribution >= 0.6 is 11.6 Å². The Kier molecular flexibility index (Phi) is 15.3. The molecule has 0 unspecified atom stereocenters. The lowest BCUT2D eigenvalue weighted by Gasteiger charge is -2.13. The van der Waals surface area contributed by atoms with Gasteiger partial charge in [-0.25, -0.2) is 28.6 Å². The number of hydrogen-bond acceptors (Lipinski definition) is 18. The number of aliphatic imine (C=N–C) groups is 1. The van der Waals surface area contributed by atoms with Crippen molar-refractivity contribution >= 4 is 81.6 Å². The number of nitrogens with zero attached hydrogens (tertiary/aromatic N) is 12. The highest BCUT2D eigenvalue weighted by Gasteiger charge is 2.23. The second-order valence-electron chi connectivity index (χ2n) is 14.0. The van der Waals surface area contributed by atoms with E-state index in [1.807, 2.05) is 6.07 Å². The number of nitriles is 1. The van der Waals surface area contributed by atoms with E-state index in [9.17, 15) is 64.7 Å². The number of nitrogens with one attached hydrogen (secondary N) is 1. The standard InChI is InChI=1S/C41H34ClN13O12/c1-18-25(17-43)31(56)54(32(57)29(18)52-50-26-15-21(35(60)61)9-11-23(26)37(64)65)14-8-6-5-7-13-45-40-47-39(42)48-41(49-40)46-20(3)55-33(58)28(44-4)19(2)30(34(55)59)53-51-27-16-22(36(62)63)10-12-24(27)38(66)67/h9-12,15-16,56,58H,5-8,13-14H2,1-3H3,(H,60,61)(H,62,63)(H,64,65)(H,66,67)(H,45,47,48,49). The molecule has 26 heteroatoms. The highest BCUT2D eigenvalue weighted by atomic mass is 35.5. The van der Waals surface area contributed by atoms with E-state index in [4.69, 9.17) is 18.2 Å². The van der Waals surface area contributed by atoms with Gasteiger partial charge in [-0.05, 0) is 87.2 Å². The highest BCUT2D eigenvalue weighted by molar-refractivity contribution is 6.28. The Morgan fingerprint density at radius 2 is 1.33 bits per heavy atom. The number of aromatic carboxylic acids is 4. The fourth-order valence-corrected chi connectivity index (χ4v) is 6.40. The maximum Gasteiger partial charge on any atom is 0.337 e. The van der Waals surface area contributed by atoms with Gasteiger partial charge in [-0.3, -0.25) is 14.2 Å². The summed E-state index contributed by atoms with van der Waals surface area (Å²) in [5, 5.41) is 87.3. The smallest absolute Gasteiger partial charge is 0.337 e. The van der Waals surface area contributed by atoms with Crippen LogP contribution in [0, 0.1) is 31.8 Å². The first-order valence-electron chi connectivity index (χ1n) is 19.3. The van der Waals surface area contributed by atoms with Gasteiger partial charge < -0.3 is 36.0 Å². The average molecular weight is 936 g/mol. The molecular weight excluding hydrogens is 902 g/mol. The number of pyridine rings is 2. The van der Waals surface area contributed by atoms with Crippen LogP contribution in [0.1, 0.15) is 90.7 Å². The van der Waals surface area contributed by atoms with Gasteiger partial charge in [0.1, 0.15) is 34.5 Å². The van der Waals surface area contributed by atoms with Crippen molar-refractivity contribution < 1.29 is 49.8 Å². The molecule has 0 saturated carbocycles. The number of unbranched alkanes of at least 4 members (excludes halogenated alkanes) is 3. The molecule has 7 N–H and O–H groups in total. The minimum atomic E-state index is -1.46. The molecule has 0 radical (unpaired) electrons. The summed E-state index contributed by atoms with van der Waals surface area (Å²) in [6, 6.07) is 7.85. The first-order chi connectivity index (χ1) is 31.8. The molecular formula is C41H34ClN13O12. The van der Waals surface area contributed by atoms with Gasteiger partial charge in [0.25, 0.3) is 22.8 Å². The second kappa shape index (κ2) is 21.0. The molecule has 25 nitrogen and oxygen atoms in total. The molecule has 67 heavy (non-hydrogen) atoms. The van der Waals surface area contributed by atoms with E-state index >= 15 is 0 Å². The van der Waals surface area contributed by atoms with Crippen LogP contribution in [0.5, 0.6) is 11.8 Å². The fourth-order valence-electron chi connectivity index (χ4n) is 6.24. The Morgan fingerprint density at radius 3 is 1.85 bits per heavy atom. The summed E-state index contributed by atoms with van der Waals surface area (Å²) in [5.41, 5.74) is -5.79. The molecule has 5 aromatic rings. The van der Waals surface area contributed by atoms with E-state index < -0.39 is 69.4 Å². The van der Waals surface area contributed by atoms with Crippen LogP contribution < -0.4 is 16.4 Å². The number of azo groups is 2. The number of rotatable bonds is 17. The average Bonchev–Trinajstić information content (AvgIpc) is 3.26. The van der Waals surface area contributed by atoms with Gasteiger partial charge >= 0.3 is 23.9 Å². The Bertz CT molecular complexity index is 3180. The van der Waals surface area contributed by atoms with Crippen molar-refractivity contribution in [3.8, 4) is 17.8 Å². The highest BCUT2D eigenvalue weighted by Crippen LogP contribution is 2.35. The number of hydrogen-bond donors (Lipinski definition) is 7. The van der Waals surface area contributed by atoms with E-state index in [2.05, 4.69) is 50.6 Å². The molecule has 0 aliphatic heterocycles. The molecule has 342 valence electrons. The van der Waals surface area contributed by atoms with Crippen molar-refractivity contribution in [1.82, 2.24) is 24.1 Å². The molecule has 3 aromatic heterocycles. The van der Waals surface area contributed by atoms with Gasteiger partial charge in [-0.15, -0.1) is 20.5 Å². The van der Waals surface area contributed by atoms with E-state index in [0.29, 0.717) is 30.3 Å². The molecule has 0 saturated heterocycles. The third-order valence-corrected chi connectivity index (χ3v) is 9.83. The number of halogens is 1. The van der Waals surface area contributed by atoms with Crippen LogP contribution in [0.25, 0.3) is 4.85 Å². The van der Waals surface area contributed by atoms with Gasteiger partial charge in [-0.1, -0.05) is 12.8 Å². The number of aromatic nitrogens is 5. The minimum Gasteiger partial charge on any atom is -0.502 e. The Labute approximate surface area is 380 Å². The van der Waals surface area contributed by atoms with E-state index in [1.54, 1.807) is 0 Å². The lowest BCUT2D eigenvalue weighted by Crippen LogP contribution is -2.25. The third kappa shape index (κ3) is 10.9. The maximum absolute atomic E-state index is 13.7. The van der Waals surface area contributed by atoms with Crippen LogP contribution in [0.15, 0.2) is 71.4 Å².